The van der Waals surface area contributed by atoms with Gasteiger partial charge in [0.1, 0.15) is 24.4 Å². The van der Waals surface area contributed by atoms with Crippen molar-refractivity contribution in [2.45, 2.75) is 128 Å². The van der Waals surface area contributed by atoms with Crippen LogP contribution in [0.3, 0.4) is 0 Å². The number of carboxylic acid groups (broad SMARTS) is 1. The Balaban J connectivity index is 0.00000353. The molecule has 7 nitrogen and oxygen atoms in total. The van der Waals surface area contributed by atoms with Crippen LogP contribution in [0, 0.1) is 52.3 Å². The number of aliphatic carboxylic acids is 1. The van der Waals surface area contributed by atoms with Crippen LogP contribution in [0.5, 0.6) is 0 Å². The quantitative estimate of drug-likeness (QED) is 0.324. The van der Waals surface area contributed by atoms with Crippen LogP contribution in [0.2, 0.25) is 0 Å². The number of carbonyl (C=O) groups is 1. The maximum absolute atomic E-state index is 10.9. The van der Waals surface area contributed by atoms with Gasteiger partial charge in [-0.05, 0) is 123 Å². The average Bonchev–Trinajstić information content (AvgIpc) is 3.24. The van der Waals surface area contributed by atoms with E-state index in [-0.39, 0.29) is 43.2 Å². The standard InChI is InChI=1S/C31H52O7.Li/c1-17(5-4-6-25(33)34)21-9-10-22-20-8-7-19-15-18(29-28(37)27(36)26(35)24(16-32)38-29)11-13-30(19,2)23(20)12-14-31(21,22)3;/h17-24,26-29,32,35-37H,4-16H2,1-3H3,(H,33,34);/q;+1/p-1/t17-,18-,19-,20+,21-,22+,23+,24-,26-,27+,28-,29-,30+,31-;/m1./s1. The summed E-state index contributed by atoms with van der Waals surface area (Å²) in [5.74, 6) is 3.25. The molecule has 1 aliphatic heterocycles. The van der Waals surface area contributed by atoms with Crippen molar-refractivity contribution < 1.29 is 53.9 Å². The summed E-state index contributed by atoms with van der Waals surface area (Å²) in [4.78, 5) is 10.9. The van der Waals surface area contributed by atoms with Gasteiger partial charge in [0.25, 0.3) is 0 Å². The molecule has 8 heteroatoms. The van der Waals surface area contributed by atoms with Crippen molar-refractivity contribution in [2.24, 2.45) is 52.3 Å². The zero-order valence-corrected chi connectivity index (χ0v) is 24.6. The van der Waals surface area contributed by atoms with E-state index in [2.05, 4.69) is 20.8 Å². The van der Waals surface area contributed by atoms with Crippen LogP contribution in [-0.2, 0) is 9.53 Å². The van der Waals surface area contributed by atoms with Crippen molar-refractivity contribution in [3.05, 3.63) is 0 Å². The molecule has 5 aliphatic rings. The monoisotopic (exact) mass is 542 g/mol. The Bertz CT molecular complexity index is 855. The molecule has 1 heterocycles. The first kappa shape index (κ1) is 31.8. The molecule has 1 saturated heterocycles. The Hall–Kier alpha value is -0.133. The number of hydrogen-bond acceptors (Lipinski definition) is 7. The Morgan fingerprint density at radius 1 is 0.949 bits per heavy atom. The predicted octanol–water partition coefficient (Wildman–Crippen LogP) is -0.336. The molecule has 4 N–H and O–H groups in total. The molecule has 39 heavy (non-hydrogen) atoms. The third kappa shape index (κ3) is 5.53. The molecule has 0 aromatic heterocycles. The van der Waals surface area contributed by atoms with Gasteiger partial charge in [0.2, 0.25) is 0 Å². The number of ether oxygens (including phenoxy) is 1. The smallest absolute Gasteiger partial charge is 0.550 e. The van der Waals surface area contributed by atoms with Gasteiger partial charge in [0.15, 0.2) is 0 Å². The topological polar surface area (TPSA) is 130 Å². The molecule has 0 aromatic carbocycles. The molecule has 0 unspecified atom stereocenters. The molecule has 14 atom stereocenters. The SMILES string of the molecule is C[C@H](CCCC(=O)[O-])[C@H]1CC[C@H]2[C@@H]3CC[C@@H]4C[C@H]([C@H]5O[C@H](CO)[C@@H](O)[C@H](O)[C@H]5O)CC[C@]4(C)[C@H]3CC[C@]12C.[Li+]. The first-order valence-corrected chi connectivity index (χ1v) is 15.5. The van der Waals surface area contributed by atoms with Crippen molar-refractivity contribution in [2.75, 3.05) is 6.61 Å². The molecule has 0 spiro atoms. The summed E-state index contributed by atoms with van der Waals surface area (Å²) in [7, 11) is 0. The summed E-state index contributed by atoms with van der Waals surface area (Å²) in [6.45, 7) is 7.05. The van der Waals surface area contributed by atoms with Crippen molar-refractivity contribution in [3.63, 3.8) is 0 Å². The molecule has 218 valence electrons. The van der Waals surface area contributed by atoms with Crippen LogP contribution in [-0.4, -0.2) is 63.5 Å². The van der Waals surface area contributed by atoms with Crippen LogP contribution in [0.25, 0.3) is 0 Å². The van der Waals surface area contributed by atoms with E-state index in [4.69, 9.17) is 4.74 Å². The van der Waals surface area contributed by atoms with Gasteiger partial charge in [-0.25, -0.2) is 0 Å². The van der Waals surface area contributed by atoms with Gasteiger partial charge in [-0.3, -0.25) is 0 Å². The van der Waals surface area contributed by atoms with Crippen molar-refractivity contribution in [1.29, 1.82) is 0 Å². The second kappa shape index (κ2) is 12.2. The fourth-order valence-electron chi connectivity index (χ4n) is 10.9. The number of carbonyl (C=O) groups excluding carboxylic acids is 1. The normalized spacial score (nSPS) is 50.2. The Kier molecular flexibility index (Phi) is 9.97. The molecule has 4 saturated carbocycles. The number of aliphatic hydroxyl groups excluding tert-OH is 4. The van der Waals surface area contributed by atoms with Crippen LogP contribution in [0.15, 0.2) is 0 Å². The number of aliphatic hydroxyl groups is 4. The van der Waals surface area contributed by atoms with Gasteiger partial charge in [-0.15, -0.1) is 0 Å². The van der Waals surface area contributed by atoms with Gasteiger partial charge in [-0.1, -0.05) is 27.2 Å². The fourth-order valence-corrected chi connectivity index (χ4v) is 10.9. The van der Waals surface area contributed by atoms with E-state index >= 15 is 0 Å². The van der Waals surface area contributed by atoms with E-state index in [1.54, 1.807) is 0 Å². The zero-order chi connectivity index (χ0) is 27.4. The Morgan fingerprint density at radius 3 is 2.33 bits per heavy atom. The minimum atomic E-state index is -1.29. The summed E-state index contributed by atoms with van der Waals surface area (Å²) in [5.41, 5.74) is 0.645. The summed E-state index contributed by atoms with van der Waals surface area (Å²) >= 11 is 0. The minimum absolute atomic E-state index is 0. The molecule has 5 fully saturated rings. The van der Waals surface area contributed by atoms with E-state index in [1.165, 1.54) is 38.5 Å². The maximum Gasteiger partial charge on any atom is 1.00 e. The number of fused-ring (bicyclic) bond motifs is 5. The summed E-state index contributed by atoms with van der Waals surface area (Å²) in [6.07, 6.45) is 7.41. The van der Waals surface area contributed by atoms with Gasteiger partial charge >= 0.3 is 18.9 Å². The van der Waals surface area contributed by atoms with Gasteiger partial charge in [-0.2, -0.15) is 0 Å². The molecule has 0 aromatic rings. The summed E-state index contributed by atoms with van der Waals surface area (Å²) in [6, 6.07) is 0. The average molecular weight is 543 g/mol. The first-order valence-electron chi connectivity index (χ1n) is 15.5. The third-order valence-electron chi connectivity index (χ3n) is 12.9. The summed E-state index contributed by atoms with van der Waals surface area (Å²) in [5, 5.41) is 51.9. The van der Waals surface area contributed by atoms with Gasteiger partial charge in [0, 0.05) is 5.97 Å². The third-order valence-corrected chi connectivity index (χ3v) is 12.9. The molecule has 0 amide bonds. The fraction of sp³-hybridized carbons (Fsp3) is 0.968. The molecular formula is C31H51LiO7. The summed E-state index contributed by atoms with van der Waals surface area (Å²) < 4.78 is 5.99. The molecule has 0 radical (unpaired) electrons. The van der Waals surface area contributed by atoms with E-state index in [0.717, 1.165) is 49.9 Å². The van der Waals surface area contributed by atoms with E-state index in [1.807, 2.05) is 0 Å². The maximum atomic E-state index is 10.9. The second-order valence-corrected chi connectivity index (χ2v) is 14.5. The Labute approximate surface area is 246 Å². The van der Waals surface area contributed by atoms with Crippen LogP contribution < -0.4 is 24.0 Å². The van der Waals surface area contributed by atoms with Crippen molar-refractivity contribution >= 4 is 5.97 Å². The molecule has 4 aliphatic carbocycles. The van der Waals surface area contributed by atoms with Crippen LogP contribution >= 0.6 is 0 Å². The van der Waals surface area contributed by atoms with Gasteiger partial charge in [0.05, 0.1) is 12.7 Å². The first-order chi connectivity index (χ1) is 18.0. The van der Waals surface area contributed by atoms with E-state index in [9.17, 15) is 30.3 Å². The van der Waals surface area contributed by atoms with E-state index in [0.29, 0.717) is 23.2 Å². The minimum Gasteiger partial charge on any atom is -0.550 e. The van der Waals surface area contributed by atoms with E-state index < -0.39 is 36.5 Å². The second-order valence-electron chi connectivity index (χ2n) is 14.5. The number of hydrogen-bond donors (Lipinski definition) is 4. The number of rotatable bonds is 7. The van der Waals surface area contributed by atoms with Crippen molar-refractivity contribution in [3.8, 4) is 0 Å². The van der Waals surface area contributed by atoms with Crippen LogP contribution in [0.4, 0.5) is 0 Å². The molecule has 5 rings (SSSR count). The Morgan fingerprint density at radius 2 is 1.64 bits per heavy atom. The van der Waals surface area contributed by atoms with Crippen LogP contribution in [0.1, 0.15) is 97.8 Å². The zero-order valence-electron chi connectivity index (χ0n) is 24.6. The van der Waals surface area contributed by atoms with Gasteiger partial charge < -0.3 is 35.1 Å². The van der Waals surface area contributed by atoms with Crippen molar-refractivity contribution in [1.82, 2.24) is 0 Å². The predicted molar refractivity (Wildman–Crippen MR) is 140 cm³/mol. The largest absolute Gasteiger partial charge is 1.00 e. The molecule has 0 bridgehead atoms. The number of carboxylic acids is 1. The molecular weight excluding hydrogens is 491 g/mol.